The number of hydrogen-bond donors (Lipinski definition) is 0. The van der Waals surface area contributed by atoms with Crippen molar-refractivity contribution in [2.75, 3.05) is 19.1 Å². The fourth-order valence-corrected chi connectivity index (χ4v) is 4.43. The first-order chi connectivity index (χ1) is 14.2. The molecule has 4 nitrogen and oxygen atoms in total. The summed E-state index contributed by atoms with van der Waals surface area (Å²) in [6.07, 6.45) is 3.17. The van der Waals surface area contributed by atoms with E-state index in [1.54, 1.807) is 14.2 Å². The van der Waals surface area contributed by atoms with Crippen LogP contribution in [0.5, 0.6) is 11.5 Å². The molecule has 5 heteroatoms. The summed E-state index contributed by atoms with van der Waals surface area (Å²) < 4.78 is 10.8. The average Bonchev–Trinajstić information content (AvgIpc) is 3.17. The molecule has 0 atom stereocenters. The van der Waals surface area contributed by atoms with Gasteiger partial charge in [-0.05, 0) is 48.2 Å². The molecule has 0 bridgehead atoms. The molecule has 0 amide bonds. The Morgan fingerprint density at radius 1 is 0.897 bits per heavy atom. The minimum Gasteiger partial charge on any atom is -0.497 e. The molecule has 0 spiro atoms. The predicted octanol–water partition coefficient (Wildman–Crippen LogP) is 5.88. The number of anilines is 1. The molecule has 0 fully saturated rings. The number of aryl methyl sites for hydroxylation is 2. The first-order valence-corrected chi connectivity index (χ1v) is 11.0. The molecule has 0 aliphatic rings. The molecular weight excluding hydrogens is 380 g/mol. The summed E-state index contributed by atoms with van der Waals surface area (Å²) in [5, 5.41) is 1.08. The number of aromatic nitrogens is 1. The van der Waals surface area contributed by atoms with Gasteiger partial charge < -0.3 is 14.4 Å². The van der Waals surface area contributed by atoms with Crippen molar-refractivity contribution in [3.05, 3.63) is 70.2 Å². The number of hydrogen-bond acceptors (Lipinski definition) is 5. The van der Waals surface area contributed by atoms with Crippen LogP contribution in [0.2, 0.25) is 0 Å². The summed E-state index contributed by atoms with van der Waals surface area (Å²) in [7, 11) is 3.41. The molecule has 3 rings (SSSR count). The number of benzene rings is 2. The summed E-state index contributed by atoms with van der Waals surface area (Å²) >= 11 is 1.82. The zero-order valence-corrected chi connectivity index (χ0v) is 18.6. The monoisotopic (exact) mass is 410 g/mol. The van der Waals surface area contributed by atoms with Crippen molar-refractivity contribution in [2.45, 2.75) is 46.2 Å². The molecule has 0 radical (unpaired) electrons. The Balaban J connectivity index is 1.93. The molecule has 1 aromatic heterocycles. The second kappa shape index (κ2) is 10.3. The van der Waals surface area contributed by atoms with Crippen LogP contribution in [0, 0.1) is 0 Å². The molecule has 0 saturated carbocycles. The largest absolute Gasteiger partial charge is 0.497 e. The van der Waals surface area contributed by atoms with Gasteiger partial charge in [0.25, 0.3) is 0 Å². The van der Waals surface area contributed by atoms with Crippen LogP contribution in [-0.2, 0) is 25.9 Å². The summed E-state index contributed by atoms with van der Waals surface area (Å²) in [6, 6.07) is 16.5. The van der Waals surface area contributed by atoms with Crippen LogP contribution in [0.25, 0.3) is 0 Å². The van der Waals surface area contributed by atoms with Gasteiger partial charge in [0.05, 0.1) is 19.9 Å². The van der Waals surface area contributed by atoms with Gasteiger partial charge in [-0.2, -0.15) is 0 Å². The molecule has 1 heterocycles. The molecular formula is C24H30N2O2S. The fourth-order valence-electron chi connectivity index (χ4n) is 3.39. The first-order valence-electron chi connectivity index (χ1n) is 10.2. The quantitative estimate of drug-likeness (QED) is 0.418. The Morgan fingerprint density at radius 2 is 1.48 bits per heavy atom. The highest BCUT2D eigenvalue weighted by Crippen LogP contribution is 2.31. The highest BCUT2D eigenvalue weighted by molar-refractivity contribution is 7.15. The van der Waals surface area contributed by atoms with E-state index in [9.17, 15) is 0 Å². The van der Waals surface area contributed by atoms with Crippen LogP contribution >= 0.6 is 11.3 Å². The van der Waals surface area contributed by atoms with Gasteiger partial charge in [-0.1, -0.05) is 44.5 Å². The highest BCUT2D eigenvalue weighted by atomic mass is 32.1. The predicted molar refractivity (Wildman–Crippen MR) is 121 cm³/mol. The van der Waals surface area contributed by atoms with E-state index in [1.807, 2.05) is 35.6 Å². The maximum atomic E-state index is 5.42. The summed E-state index contributed by atoms with van der Waals surface area (Å²) in [4.78, 5) is 8.78. The lowest BCUT2D eigenvalue weighted by Crippen LogP contribution is -2.22. The normalized spacial score (nSPS) is 10.8. The van der Waals surface area contributed by atoms with E-state index in [0.29, 0.717) is 0 Å². The van der Waals surface area contributed by atoms with Crippen LogP contribution in [-0.4, -0.2) is 19.2 Å². The van der Waals surface area contributed by atoms with Gasteiger partial charge in [0.15, 0.2) is 5.13 Å². The summed E-state index contributed by atoms with van der Waals surface area (Å²) in [5.41, 5.74) is 3.66. The van der Waals surface area contributed by atoms with Crippen molar-refractivity contribution in [1.82, 2.24) is 4.98 Å². The van der Waals surface area contributed by atoms with Crippen molar-refractivity contribution in [2.24, 2.45) is 0 Å². The third-order valence-electron chi connectivity index (χ3n) is 4.86. The molecule has 3 aromatic rings. The topological polar surface area (TPSA) is 34.6 Å². The Hall–Kier alpha value is -2.53. The van der Waals surface area contributed by atoms with E-state index >= 15 is 0 Å². The van der Waals surface area contributed by atoms with Crippen molar-refractivity contribution in [1.29, 1.82) is 0 Å². The van der Waals surface area contributed by atoms with Crippen LogP contribution in [0.1, 0.15) is 42.0 Å². The van der Waals surface area contributed by atoms with E-state index in [0.717, 1.165) is 49.0 Å². The Bertz CT molecular complexity index is 873. The molecule has 154 valence electrons. The lowest BCUT2D eigenvalue weighted by Gasteiger charge is -2.23. The Kier molecular flexibility index (Phi) is 7.53. The van der Waals surface area contributed by atoms with Gasteiger partial charge in [0.2, 0.25) is 0 Å². The lowest BCUT2D eigenvalue weighted by molar-refractivity contribution is 0.414. The molecule has 0 N–H and O–H groups in total. The first kappa shape index (κ1) is 21.2. The SMILES string of the molecule is CCCc1nc(N(Cc2cccc(OC)c2)Cc2cccc(OC)c2)sc1CC. The smallest absolute Gasteiger partial charge is 0.186 e. The second-order valence-corrected chi connectivity index (χ2v) is 8.09. The standard InChI is InChI=1S/C24H30N2O2S/c1-5-9-22-23(6-2)29-24(25-22)26(16-18-10-7-12-20(14-18)27-3)17-19-11-8-13-21(15-19)28-4/h7-8,10-15H,5-6,9,16-17H2,1-4H3. The van der Waals surface area contributed by atoms with E-state index in [1.165, 1.54) is 21.7 Å². The summed E-state index contributed by atoms with van der Waals surface area (Å²) in [5.74, 6) is 1.76. The molecule has 0 aliphatic carbocycles. The second-order valence-electron chi connectivity index (χ2n) is 7.03. The van der Waals surface area contributed by atoms with Crippen LogP contribution in [0.4, 0.5) is 5.13 Å². The van der Waals surface area contributed by atoms with Crippen LogP contribution in [0.15, 0.2) is 48.5 Å². The lowest BCUT2D eigenvalue weighted by atomic mass is 10.1. The highest BCUT2D eigenvalue weighted by Gasteiger charge is 2.17. The van der Waals surface area contributed by atoms with Crippen molar-refractivity contribution >= 4 is 16.5 Å². The number of nitrogens with zero attached hydrogens (tertiary/aromatic N) is 2. The molecule has 2 aromatic carbocycles. The molecule has 0 aliphatic heterocycles. The third-order valence-corrected chi connectivity index (χ3v) is 6.16. The molecule has 0 unspecified atom stereocenters. The van der Waals surface area contributed by atoms with Gasteiger partial charge in [-0.3, -0.25) is 0 Å². The number of thiazole rings is 1. The van der Waals surface area contributed by atoms with Crippen molar-refractivity contribution in [3.8, 4) is 11.5 Å². The fraction of sp³-hybridized carbons (Fsp3) is 0.375. The average molecular weight is 411 g/mol. The number of rotatable bonds is 10. The number of methoxy groups -OCH3 is 2. The maximum absolute atomic E-state index is 5.42. The van der Waals surface area contributed by atoms with Crippen molar-refractivity contribution < 1.29 is 9.47 Å². The van der Waals surface area contributed by atoms with Gasteiger partial charge in [-0.15, -0.1) is 11.3 Å². The van der Waals surface area contributed by atoms with Gasteiger partial charge in [-0.25, -0.2) is 4.98 Å². The molecule has 29 heavy (non-hydrogen) atoms. The Labute approximate surface area is 178 Å². The zero-order chi connectivity index (χ0) is 20.6. The van der Waals surface area contributed by atoms with E-state index in [4.69, 9.17) is 14.5 Å². The Morgan fingerprint density at radius 3 is 1.97 bits per heavy atom. The maximum Gasteiger partial charge on any atom is 0.186 e. The minimum atomic E-state index is 0.774. The van der Waals surface area contributed by atoms with E-state index in [-0.39, 0.29) is 0 Å². The van der Waals surface area contributed by atoms with Crippen LogP contribution < -0.4 is 14.4 Å². The van der Waals surface area contributed by atoms with Gasteiger partial charge >= 0.3 is 0 Å². The van der Waals surface area contributed by atoms with Gasteiger partial charge in [0.1, 0.15) is 11.5 Å². The third kappa shape index (κ3) is 5.51. The molecule has 0 saturated heterocycles. The van der Waals surface area contributed by atoms with Crippen molar-refractivity contribution in [3.63, 3.8) is 0 Å². The van der Waals surface area contributed by atoms with Gasteiger partial charge in [0, 0.05) is 18.0 Å². The minimum absolute atomic E-state index is 0.774. The van der Waals surface area contributed by atoms with E-state index < -0.39 is 0 Å². The van der Waals surface area contributed by atoms with E-state index in [2.05, 4.69) is 43.0 Å². The summed E-state index contributed by atoms with van der Waals surface area (Å²) in [6.45, 7) is 5.97. The van der Waals surface area contributed by atoms with Crippen LogP contribution in [0.3, 0.4) is 0 Å². The number of ether oxygens (including phenoxy) is 2. The zero-order valence-electron chi connectivity index (χ0n) is 17.8.